The zero-order valence-electron chi connectivity index (χ0n) is 24.2. The smallest absolute Gasteiger partial charge is 0.337 e. The molecule has 0 unspecified atom stereocenters. The first-order valence-electron chi connectivity index (χ1n) is 13.6. The SMILES string of the molecule is CCOc1cc([C@@H]2NC(=O)NC(C)=C2C(=O)OC)ccc1OC[C@@H](O)N/N=C/c1cccc(OCc2ccc(Cl)cc2Cl)c1. The van der Waals surface area contributed by atoms with Gasteiger partial charge in [-0.2, -0.15) is 5.10 Å². The minimum atomic E-state index is -1.15. The Kier molecular flexibility index (Phi) is 11.3. The van der Waals surface area contributed by atoms with E-state index < -0.39 is 24.3 Å². The molecule has 13 heteroatoms. The molecule has 0 bridgehead atoms. The van der Waals surface area contributed by atoms with E-state index >= 15 is 0 Å². The summed E-state index contributed by atoms with van der Waals surface area (Å²) < 4.78 is 22.3. The van der Waals surface area contributed by atoms with Crippen LogP contribution in [-0.2, 0) is 16.1 Å². The molecule has 3 aromatic carbocycles. The number of rotatable bonds is 13. The van der Waals surface area contributed by atoms with Crippen LogP contribution in [0, 0.1) is 0 Å². The third-order valence-electron chi connectivity index (χ3n) is 6.38. The summed E-state index contributed by atoms with van der Waals surface area (Å²) in [5, 5.41) is 20.9. The van der Waals surface area contributed by atoms with E-state index in [-0.39, 0.29) is 18.8 Å². The van der Waals surface area contributed by atoms with Crippen molar-refractivity contribution in [2.75, 3.05) is 20.3 Å². The van der Waals surface area contributed by atoms with Crippen LogP contribution in [0.5, 0.6) is 17.2 Å². The van der Waals surface area contributed by atoms with Gasteiger partial charge in [0.1, 0.15) is 19.0 Å². The number of nitrogens with zero attached hydrogens (tertiary/aromatic N) is 1. The number of carbonyl (C=O) groups excluding carboxylic acids is 2. The van der Waals surface area contributed by atoms with Crippen LogP contribution in [0.1, 0.15) is 36.6 Å². The molecule has 44 heavy (non-hydrogen) atoms. The molecule has 0 aliphatic carbocycles. The molecule has 1 aliphatic rings. The Labute approximate surface area is 264 Å². The van der Waals surface area contributed by atoms with Gasteiger partial charge in [0, 0.05) is 21.3 Å². The molecule has 2 amide bonds. The lowest BCUT2D eigenvalue weighted by atomic mass is 9.95. The molecule has 0 radical (unpaired) electrons. The van der Waals surface area contributed by atoms with Crippen molar-refractivity contribution < 1.29 is 33.6 Å². The Morgan fingerprint density at radius 3 is 2.66 bits per heavy atom. The summed E-state index contributed by atoms with van der Waals surface area (Å²) in [6.45, 7) is 3.88. The quantitative estimate of drug-likeness (QED) is 0.0875. The molecule has 0 fully saturated rings. The number of benzene rings is 3. The summed E-state index contributed by atoms with van der Waals surface area (Å²) in [5.41, 5.74) is 5.40. The number of urea groups is 1. The van der Waals surface area contributed by atoms with Gasteiger partial charge in [-0.3, -0.25) is 5.43 Å². The number of ether oxygens (including phenoxy) is 4. The first kappa shape index (κ1) is 32.5. The van der Waals surface area contributed by atoms with Crippen molar-refractivity contribution in [2.45, 2.75) is 32.7 Å². The molecule has 0 spiro atoms. The maximum absolute atomic E-state index is 12.4. The number of carbonyl (C=O) groups is 2. The summed E-state index contributed by atoms with van der Waals surface area (Å²) in [4.78, 5) is 24.6. The third kappa shape index (κ3) is 8.56. The van der Waals surface area contributed by atoms with E-state index in [1.54, 1.807) is 43.3 Å². The second-order valence-corrected chi connectivity index (χ2v) is 10.4. The molecule has 0 saturated heterocycles. The first-order chi connectivity index (χ1) is 21.2. The van der Waals surface area contributed by atoms with Gasteiger partial charge < -0.3 is 34.7 Å². The molecule has 2 atom stereocenters. The van der Waals surface area contributed by atoms with Crippen LogP contribution in [-0.4, -0.2) is 49.9 Å². The molecular weight excluding hydrogens is 611 g/mol. The molecular formula is C31H32Cl2N4O7. The predicted molar refractivity (Wildman–Crippen MR) is 166 cm³/mol. The highest BCUT2D eigenvalue weighted by atomic mass is 35.5. The van der Waals surface area contributed by atoms with Crippen LogP contribution in [0.4, 0.5) is 4.79 Å². The van der Waals surface area contributed by atoms with E-state index in [2.05, 4.69) is 21.2 Å². The zero-order chi connectivity index (χ0) is 31.6. The molecule has 3 aromatic rings. The summed E-state index contributed by atoms with van der Waals surface area (Å²) >= 11 is 12.2. The molecule has 4 N–H and O–H groups in total. The maximum atomic E-state index is 12.4. The van der Waals surface area contributed by atoms with Crippen molar-refractivity contribution in [1.82, 2.24) is 16.1 Å². The largest absolute Gasteiger partial charge is 0.490 e. The van der Waals surface area contributed by atoms with Crippen molar-refractivity contribution >= 4 is 41.4 Å². The van der Waals surface area contributed by atoms with Crippen molar-refractivity contribution in [1.29, 1.82) is 0 Å². The second kappa shape index (κ2) is 15.3. The Bertz CT molecular complexity index is 1560. The van der Waals surface area contributed by atoms with Crippen molar-refractivity contribution in [3.63, 3.8) is 0 Å². The lowest BCUT2D eigenvalue weighted by Crippen LogP contribution is -2.45. The van der Waals surface area contributed by atoms with Gasteiger partial charge in [-0.25, -0.2) is 9.59 Å². The molecule has 0 aromatic heterocycles. The highest BCUT2D eigenvalue weighted by molar-refractivity contribution is 6.35. The number of halogens is 2. The fourth-order valence-corrected chi connectivity index (χ4v) is 4.77. The number of hydrogen-bond donors (Lipinski definition) is 4. The monoisotopic (exact) mass is 642 g/mol. The molecule has 0 saturated carbocycles. The Hall–Kier alpha value is -4.45. The van der Waals surface area contributed by atoms with Crippen LogP contribution in [0.25, 0.3) is 0 Å². The molecule has 1 heterocycles. The second-order valence-electron chi connectivity index (χ2n) is 9.51. The van der Waals surface area contributed by atoms with Gasteiger partial charge in [0.25, 0.3) is 0 Å². The Morgan fingerprint density at radius 1 is 1.09 bits per heavy atom. The number of hydrazone groups is 1. The van der Waals surface area contributed by atoms with Crippen LogP contribution < -0.4 is 30.3 Å². The number of nitrogens with one attached hydrogen (secondary N) is 3. The number of allylic oxidation sites excluding steroid dienone is 1. The minimum absolute atomic E-state index is 0.154. The number of esters is 1. The minimum Gasteiger partial charge on any atom is -0.490 e. The molecule has 11 nitrogen and oxygen atoms in total. The summed E-state index contributed by atoms with van der Waals surface area (Å²) in [7, 11) is 1.27. The normalized spacial score (nSPS) is 15.3. The van der Waals surface area contributed by atoms with Gasteiger partial charge >= 0.3 is 12.0 Å². The van der Waals surface area contributed by atoms with E-state index in [0.29, 0.717) is 45.2 Å². The summed E-state index contributed by atoms with van der Waals surface area (Å²) in [6.07, 6.45) is 0.389. The number of aliphatic hydroxyl groups excluding tert-OH is 1. The molecule has 4 rings (SSSR count). The highest BCUT2D eigenvalue weighted by Gasteiger charge is 2.32. The highest BCUT2D eigenvalue weighted by Crippen LogP contribution is 2.35. The van der Waals surface area contributed by atoms with Gasteiger partial charge in [-0.15, -0.1) is 0 Å². The molecule has 232 valence electrons. The standard InChI is InChI=1S/C31H32Cl2N4O7/c1-4-42-26-13-20(29-28(30(39)41-3)18(2)35-31(40)36-29)9-11-25(26)44-17-27(38)37-34-15-19-6-5-7-23(12-19)43-16-21-8-10-22(32)14-24(21)33/h5-15,27,29,37-38H,4,16-17H2,1-3H3,(H2,35,36,40)/b34-15+/t27-,29+/m1/s1. The number of aliphatic hydroxyl groups is 1. The predicted octanol–water partition coefficient (Wildman–Crippen LogP) is 5.09. The third-order valence-corrected chi connectivity index (χ3v) is 6.96. The zero-order valence-corrected chi connectivity index (χ0v) is 25.7. The lowest BCUT2D eigenvalue weighted by Gasteiger charge is -2.28. The van der Waals surface area contributed by atoms with Gasteiger partial charge in [-0.05, 0) is 61.4 Å². The fraction of sp³-hybridized carbons (Fsp3) is 0.258. The number of hydrogen-bond acceptors (Lipinski definition) is 9. The number of amides is 2. The van der Waals surface area contributed by atoms with Crippen molar-refractivity contribution in [3.05, 3.63) is 98.7 Å². The van der Waals surface area contributed by atoms with Crippen LogP contribution in [0.15, 0.2) is 77.0 Å². The average Bonchev–Trinajstić information content (AvgIpc) is 2.99. The Morgan fingerprint density at radius 2 is 1.91 bits per heavy atom. The van der Waals surface area contributed by atoms with Gasteiger partial charge in [-0.1, -0.05) is 47.5 Å². The van der Waals surface area contributed by atoms with Crippen LogP contribution >= 0.6 is 23.2 Å². The van der Waals surface area contributed by atoms with E-state index in [1.807, 2.05) is 31.2 Å². The Balaban J connectivity index is 1.35. The topological polar surface area (TPSA) is 140 Å². The first-order valence-corrected chi connectivity index (χ1v) is 14.3. The maximum Gasteiger partial charge on any atom is 0.337 e. The lowest BCUT2D eigenvalue weighted by molar-refractivity contribution is -0.136. The fourth-order valence-electron chi connectivity index (χ4n) is 4.30. The van der Waals surface area contributed by atoms with Crippen molar-refractivity contribution in [2.24, 2.45) is 5.10 Å². The van der Waals surface area contributed by atoms with Crippen LogP contribution in [0.3, 0.4) is 0 Å². The van der Waals surface area contributed by atoms with E-state index in [4.69, 9.17) is 42.1 Å². The molecule has 1 aliphatic heterocycles. The van der Waals surface area contributed by atoms with Gasteiger partial charge in [0.15, 0.2) is 17.7 Å². The van der Waals surface area contributed by atoms with Gasteiger partial charge in [0.2, 0.25) is 0 Å². The van der Waals surface area contributed by atoms with E-state index in [1.165, 1.54) is 13.3 Å². The summed E-state index contributed by atoms with van der Waals surface area (Å²) in [6, 6.07) is 16.3. The summed E-state index contributed by atoms with van der Waals surface area (Å²) in [5.74, 6) is 0.762. The van der Waals surface area contributed by atoms with Crippen LogP contribution in [0.2, 0.25) is 10.0 Å². The van der Waals surface area contributed by atoms with E-state index in [0.717, 1.165) is 11.1 Å². The van der Waals surface area contributed by atoms with Gasteiger partial charge in [0.05, 0.1) is 31.5 Å². The van der Waals surface area contributed by atoms with E-state index in [9.17, 15) is 14.7 Å². The van der Waals surface area contributed by atoms with Crippen molar-refractivity contribution in [3.8, 4) is 17.2 Å². The average molecular weight is 644 g/mol. The number of methoxy groups -OCH3 is 1.